The third kappa shape index (κ3) is 5.52. The molecule has 1 atom stereocenters. The van der Waals surface area contributed by atoms with Gasteiger partial charge in [0.25, 0.3) is 17.9 Å². The lowest BCUT2D eigenvalue weighted by Crippen LogP contribution is -2.54. The number of hydrogen-bond acceptors (Lipinski definition) is 6. The molecular formula is C16H22O6Si. The van der Waals surface area contributed by atoms with E-state index in [0.29, 0.717) is 6.42 Å². The molecule has 1 rings (SSSR count). The maximum atomic E-state index is 11.6. The number of carbonyl (C=O) groups excluding carboxylic acids is 3. The predicted octanol–water partition coefficient (Wildman–Crippen LogP) is 2.74. The Morgan fingerprint density at radius 2 is 1.35 bits per heavy atom. The maximum Gasteiger partial charge on any atom is 0.713 e. The zero-order chi connectivity index (χ0) is 17.5. The summed E-state index contributed by atoms with van der Waals surface area (Å²) >= 11 is 0. The highest BCUT2D eigenvalue weighted by molar-refractivity contribution is 6.67. The Hall–Kier alpha value is -2.15. The molecule has 0 saturated carbocycles. The summed E-state index contributed by atoms with van der Waals surface area (Å²) < 4.78 is 16.0. The average Bonchev–Trinajstić information content (AvgIpc) is 2.43. The first-order chi connectivity index (χ1) is 10.8. The van der Waals surface area contributed by atoms with E-state index >= 15 is 0 Å². The van der Waals surface area contributed by atoms with Gasteiger partial charge in [-0.3, -0.25) is 14.4 Å². The van der Waals surface area contributed by atoms with E-state index in [4.69, 9.17) is 13.3 Å². The Balaban J connectivity index is 3.42. The normalized spacial score (nSPS) is 12.2. The maximum absolute atomic E-state index is 11.6. The number of carbonyl (C=O) groups is 3. The van der Waals surface area contributed by atoms with Gasteiger partial charge in [-0.2, -0.15) is 0 Å². The fraction of sp³-hybridized carbons (Fsp3) is 0.438. The standard InChI is InChI=1S/C16H22O6Si/c1-5-9-16(15-10-7-6-8-11-15)23(20-12(2)17,21-13(3)18)22-14(4)19/h6-8,10-11,16H,5,9H2,1-4H3. The van der Waals surface area contributed by atoms with E-state index in [-0.39, 0.29) is 0 Å². The van der Waals surface area contributed by atoms with Crippen molar-refractivity contribution in [1.29, 1.82) is 0 Å². The summed E-state index contributed by atoms with van der Waals surface area (Å²) in [5, 5.41) is 0. The molecule has 23 heavy (non-hydrogen) atoms. The van der Waals surface area contributed by atoms with Crippen LogP contribution in [0.1, 0.15) is 51.6 Å². The molecule has 0 radical (unpaired) electrons. The van der Waals surface area contributed by atoms with E-state index in [1.165, 1.54) is 20.8 Å². The van der Waals surface area contributed by atoms with Crippen LogP contribution in [0.4, 0.5) is 0 Å². The summed E-state index contributed by atoms with van der Waals surface area (Å²) in [6, 6.07) is 9.16. The van der Waals surface area contributed by atoms with Crippen LogP contribution >= 0.6 is 0 Å². The van der Waals surface area contributed by atoms with Crippen molar-refractivity contribution in [3.63, 3.8) is 0 Å². The Morgan fingerprint density at radius 3 is 1.70 bits per heavy atom. The van der Waals surface area contributed by atoms with Crippen molar-refractivity contribution < 1.29 is 27.7 Å². The van der Waals surface area contributed by atoms with E-state index < -0.39 is 32.3 Å². The van der Waals surface area contributed by atoms with Crippen LogP contribution in [0, 0.1) is 0 Å². The van der Waals surface area contributed by atoms with Crippen molar-refractivity contribution in [1.82, 2.24) is 0 Å². The lowest BCUT2D eigenvalue weighted by Gasteiger charge is -2.32. The molecule has 6 nitrogen and oxygen atoms in total. The van der Waals surface area contributed by atoms with Gasteiger partial charge in [-0.05, 0) is 12.0 Å². The van der Waals surface area contributed by atoms with Crippen LogP contribution in [0.3, 0.4) is 0 Å². The van der Waals surface area contributed by atoms with Crippen molar-refractivity contribution in [3.05, 3.63) is 35.9 Å². The second-order valence-electron chi connectivity index (χ2n) is 5.14. The number of benzene rings is 1. The van der Waals surface area contributed by atoms with E-state index in [1.54, 1.807) is 0 Å². The van der Waals surface area contributed by atoms with Gasteiger partial charge in [0.15, 0.2) is 0 Å². The minimum atomic E-state index is -3.92. The summed E-state index contributed by atoms with van der Waals surface area (Å²) in [7, 11) is -3.92. The predicted molar refractivity (Wildman–Crippen MR) is 85.1 cm³/mol. The van der Waals surface area contributed by atoms with Crippen LogP contribution < -0.4 is 0 Å². The van der Waals surface area contributed by atoms with Crippen molar-refractivity contribution in [2.75, 3.05) is 0 Å². The highest BCUT2D eigenvalue weighted by Crippen LogP contribution is 2.34. The average molecular weight is 338 g/mol. The number of rotatable bonds is 7. The van der Waals surface area contributed by atoms with Crippen molar-refractivity contribution in [3.8, 4) is 0 Å². The van der Waals surface area contributed by atoms with E-state index in [1.807, 2.05) is 37.3 Å². The molecule has 7 heteroatoms. The zero-order valence-corrected chi connectivity index (χ0v) is 14.8. The second kappa shape index (κ2) is 8.47. The lowest BCUT2D eigenvalue weighted by atomic mass is 10.1. The van der Waals surface area contributed by atoms with Crippen molar-refractivity contribution in [2.24, 2.45) is 0 Å². The molecule has 0 saturated heterocycles. The molecule has 0 spiro atoms. The molecule has 0 fully saturated rings. The first-order valence-corrected chi connectivity index (χ1v) is 9.24. The summed E-state index contributed by atoms with van der Waals surface area (Å²) in [4.78, 5) is 34.8. The second-order valence-corrected chi connectivity index (χ2v) is 7.65. The van der Waals surface area contributed by atoms with Gasteiger partial charge in [-0.1, -0.05) is 43.7 Å². The molecule has 0 aliphatic rings. The summed E-state index contributed by atoms with van der Waals surface area (Å²) in [5.41, 5.74) is 0.301. The molecule has 0 N–H and O–H groups in total. The Labute approximate surface area is 137 Å². The van der Waals surface area contributed by atoms with E-state index in [9.17, 15) is 14.4 Å². The topological polar surface area (TPSA) is 78.9 Å². The van der Waals surface area contributed by atoms with Crippen molar-refractivity contribution >= 4 is 26.7 Å². The van der Waals surface area contributed by atoms with E-state index in [0.717, 1.165) is 12.0 Å². The molecule has 1 aromatic rings. The van der Waals surface area contributed by atoms with Gasteiger partial charge < -0.3 is 13.3 Å². The molecular weight excluding hydrogens is 316 g/mol. The number of hydrogen-bond donors (Lipinski definition) is 0. The molecule has 0 aliphatic heterocycles. The minimum absolute atomic E-state index is 0.495. The highest BCUT2D eigenvalue weighted by atomic mass is 28.4. The summed E-state index contributed by atoms with van der Waals surface area (Å²) in [5.74, 6) is -1.97. The molecule has 126 valence electrons. The molecule has 0 bridgehead atoms. The smallest absolute Gasteiger partial charge is 0.455 e. The fourth-order valence-electron chi connectivity index (χ4n) is 2.40. The van der Waals surface area contributed by atoms with Gasteiger partial charge >= 0.3 is 8.80 Å². The summed E-state index contributed by atoms with van der Waals surface area (Å²) in [6.07, 6.45) is 1.28. The van der Waals surface area contributed by atoms with Gasteiger partial charge in [0.2, 0.25) is 0 Å². The highest BCUT2D eigenvalue weighted by Gasteiger charge is 2.59. The zero-order valence-electron chi connectivity index (χ0n) is 13.8. The van der Waals surface area contributed by atoms with Crippen LogP contribution in [0.5, 0.6) is 0 Å². The van der Waals surface area contributed by atoms with Gasteiger partial charge in [0, 0.05) is 20.8 Å². The third-order valence-corrected chi connectivity index (χ3v) is 6.26. The lowest BCUT2D eigenvalue weighted by molar-refractivity contribution is -0.148. The first kappa shape index (κ1) is 18.9. The Bertz CT molecular complexity index is 516. The largest absolute Gasteiger partial charge is 0.713 e. The molecule has 1 unspecified atom stereocenters. The minimum Gasteiger partial charge on any atom is -0.455 e. The SMILES string of the molecule is CCCC(c1ccccc1)[Si](OC(C)=O)(OC(C)=O)OC(C)=O. The Kier molecular flexibility index (Phi) is 6.96. The quantitative estimate of drug-likeness (QED) is 0.711. The Morgan fingerprint density at radius 1 is 0.913 bits per heavy atom. The van der Waals surface area contributed by atoms with Crippen LogP contribution in [0.2, 0.25) is 0 Å². The molecule has 0 aromatic heterocycles. The molecule has 0 amide bonds. The van der Waals surface area contributed by atoms with Gasteiger partial charge in [0.05, 0.1) is 5.54 Å². The van der Waals surface area contributed by atoms with Crippen LogP contribution in [-0.2, 0) is 27.7 Å². The van der Waals surface area contributed by atoms with Crippen LogP contribution in [0.15, 0.2) is 30.3 Å². The van der Waals surface area contributed by atoms with Gasteiger partial charge in [-0.15, -0.1) is 0 Å². The third-order valence-electron chi connectivity index (χ3n) is 3.06. The molecule has 0 heterocycles. The van der Waals surface area contributed by atoms with Crippen LogP contribution in [0.25, 0.3) is 0 Å². The molecule has 1 aromatic carbocycles. The van der Waals surface area contributed by atoms with E-state index in [2.05, 4.69) is 0 Å². The summed E-state index contributed by atoms with van der Waals surface area (Å²) in [6.45, 7) is 5.54. The first-order valence-electron chi connectivity index (χ1n) is 7.44. The van der Waals surface area contributed by atoms with Crippen LogP contribution in [-0.4, -0.2) is 26.7 Å². The van der Waals surface area contributed by atoms with Crippen molar-refractivity contribution in [2.45, 2.75) is 46.1 Å². The monoisotopic (exact) mass is 338 g/mol. The fourth-order valence-corrected chi connectivity index (χ4v) is 5.40. The van der Waals surface area contributed by atoms with Gasteiger partial charge in [-0.25, -0.2) is 0 Å². The van der Waals surface area contributed by atoms with Gasteiger partial charge in [0.1, 0.15) is 0 Å². The molecule has 0 aliphatic carbocycles.